The monoisotopic (exact) mass is 432 g/mol. The molecule has 0 bridgehead atoms. The Morgan fingerprint density at radius 3 is 1.59 bits per heavy atom. The van der Waals surface area contributed by atoms with E-state index in [2.05, 4.69) is 10.6 Å². The smallest absolute Gasteiger partial charge is 0.225 e. The topological polar surface area (TPSA) is 58.2 Å². The van der Waals surface area contributed by atoms with Crippen LogP contribution in [0.1, 0.15) is 12.8 Å². The molecule has 2 rings (SSSR count). The van der Waals surface area contributed by atoms with Crippen LogP contribution in [0, 0.1) is 11.6 Å². The fraction of sp³-hybridized carbons (Fsp3) is 0.222. The van der Waals surface area contributed by atoms with Crippen LogP contribution in [0.3, 0.4) is 0 Å². The standard InChI is InChI=1S/C18H16Cl2F2N2O2S/c19-11-1-3-15(13(21)9-11)23-17(25)5-7-27-8-6-18(26)24-16-4-2-12(20)10-14(16)22/h1-4,9-10H,5-8H2,(H,23,25)(H,24,26). The molecule has 0 aliphatic rings. The zero-order valence-corrected chi connectivity index (χ0v) is 16.4. The quantitative estimate of drug-likeness (QED) is 0.551. The first-order valence-electron chi connectivity index (χ1n) is 7.92. The highest BCUT2D eigenvalue weighted by Crippen LogP contribution is 2.20. The number of hydrogen-bond donors (Lipinski definition) is 2. The summed E-state index contributed by atoms with van der Waals surface area (Å²) in [6, 6.07) is 7.99. The van der Waals surface area contributed by atoms with Gasteiger partial charge in [0.05, 0.1) is 11.4 Å². The lowest BCUT2D eigenvalue weighted by molar-refractivity contribution is -0.116. The Balaban J connectivity index is 1.64. The van der Waals surface area contributed by atoms with E-state index in [4.69, 9.17) is 23.2 Å². The van der Waals surface area contributed by atoms with E-state index >= 15 is 0 Å². The number of thioether (sulfide) groups is 1. The van der Waals surface area contributed by atoms with Crippen LogP contribution in [0.5, 0.6) is 0 Å². The van der Waals surface area contributed by atoms with E-state index in [1.807, 2.05) is 0 Å². The molecule has 0 spiro atoms. The van der Waals surface area contributed by atoms with Crippen molar-refractivity contribution in [2.45, 2.75) is 12.8 Å². The molecule has 0 unspecified atom stereocenters. The highest BCUT2D eigenvalue weighted by atomic mass is 35.5. The number of benzene rings is 2. The fourth-order valence-electron chi connectivity index (χ4n) is 2.04. The Hall–Kier alpha value is -1.83. The molecule has 0 aromatic heterocycles. The molecule has 0 radical (unpaired) electrons. The summed E-state index contributed by atoms with van der Waals surface area (Å²) in [5.74, 6) is -0.954. The highest BCUT2D eigenvalue weighted by Gasteiger charge is 2.09. The van der Waals surface area contributed by atoms with E-state index in [-0.39, 0.29) is 46.1 Å². The molecule has 0 aliphatic carbocycles. The second-order valence-electron chi connectivity index (χ2n) is 5.46. The number of amides is 2. The third-order valence-electron chi connectivity index (χ3n) is 3.36. The number of hydrogen-bond acceptors (Lipinski definition) is 3. The number of anilines is 2. The second kappa shape index (κ2) is 10.5. The van der Waals surface area contributed by atoms with Crippen LogP contribution in [0.4, 0.5) is 20.2 Å². The molecule has 0 atom stereocenters. The van der Waals surface area contributed by atoms with E-state index in [0.717, 1.165) is 12.1 Å². The molecule has 27 heavy (non-hydrogen) atoms. The fourth-order valence-corrected chi connectivity index (χ4v) is 3.22. The Bertz CT molecular complexity index is 770. The molecule has 2 N–H and O–H groups in total. The van der Waals surface area contributed by atoms with Gasteiger partial charge in [0.2, 0.25) is 11.8 Å². The van der Waals surface area contributed by atoms with Gasteiger partial charge >= 0.3 is 0 Å². The molecule has 9 heteroatoms. The average molecular weight is 433 g/mol. The van der Waals surface area contributed by atoms with Crippen molar-refractivity contribution >= 4 is 58.2 Å². The maximum atomic E-state index is 13.6. The van der Waals surface area contributed by atoms with Crippen molar-refractivity contribution in [3.8, 4) is 0 Å². The van der Waals surface area contributed by atoms with Crippen molar-refractivity contribution in [1.29, 1.82) is 0 Å². The third-order valence-corrected chi connectivity index (χ3v) is 4.81. The third kappa shape index (κ3) is 7.36. The van der Waals surface area contributed by atoms with Crippen LogP contribution in [0.25, 0.3) is 0 Å². The molecule has 0 heterocycles. The van der Waals surface area contributed by atoms with Crippen LogP contribution >= 0.6 is 35.0 Å². The van der Waals surface area contributed by atoms with Crippen LogP contribution in [-0.4, -0.2) is 23.3 Å². The number of nitrogens with one attached hydrogen (secondary N) is 2. The summed E-state index contributed by atoms with van der Waals surface area (Å²) >= 11 is 12.7. The molecular weight excluding hydrogens is 417 g/mol. The molecule has 2 aromatic rings. The molecular formula is C18H16Cl2F2N2O2S. The van der Waals surface area contributed by atoms with Gasteiger partial charge in [-0.15, -0.1) is 0 Å². The van der Waals surface area contributed by atoms with Gasteiger partial charge in [-0.05, 0) is 36.4 Å². The minimum Gasteiger partial charge on any atom is -0.324 e. The van der Waals surface area contributed by atoms with Crippen LogP contribution in [-0.2, 0) is 9.59 Å². The lowest BCUT2D eigenvalue weighted by atomic mass is 10.3. The molecule has 0 fully saturated rings. The lowest BCUT2D eigenvalue weighted by Crippen LogP contribution is -2.15. The summed E-state index contributed by atoms with van der Waals surface area (Å²) < 4.78 is 27.2. The van der Waals surface area contributed by atoms with Crippen LogP contribution in [0.2, 0.25) is 10.0 Å². The van der Waals surface area contributed by atoms with Gasteiger partial charge in [-0.1, -0.05) is 23.2 Å². The summed E-state index contributed by atoms with van der Waals surface area (Å²) in [5, 5.41) is 5.42. The summed E-state index contributed by atoms with van der Waals surface area (Å²) in [5.41, 5.74) is 0.137. The number of carbonyl (C=O) groups excluding carboxylic acids is 2. The molecule has 4 nitrogen and oxygen atoms in total. The summed E-state index contributed by atoms with van der Waals surface area (Å²) in [6.07, 6.45) is 0.334. The minimum absolute atomic E-state index is 0.0683. The Kier molecular flexibility index (Phi) is 8.34. The van der Waals surface area contributed by atoms with E-state index in [1.54, 1.807) is 0 Å². The van der Waals surface area contributed by atoms with Crippen molar-refractivity contribution in [2.24, 2.45) is 0 Å². The van der Waals surface area contributed by atoms with Crippen molar-refractivity contribution in [3.63, 3.8) is 0 Å². The van der Waals surface area contributed by atoms with Gasteiger partial charge in [-0.2, -0.15) is 11.8 Å². The van der Waals surface area contributed by atoms with Crippen molar-refractivity contribution in [3.05, 3.63) is 58.1 Å². The Morgan fingerprint density at radius 1 is 0.815 bits per heavy atom. The van der Waals surface area contributed by atoms with Crippen molar-refractivity contribution < 1.29 is 18.4 Å². The average Bonchev–Trinajstić information content (AvgIpc) is 2.59. The van der Waals surface area contributed by atoms with Crippen LogP contribution in [0.15, 0.2) is 36.4 Å². The summed E-state index contributed by atoms with van der Waals surface area (Å²) in [7, 11) is 0. The van der Waals surface area contributed by atoms with Gasteiger partial charge in [-0.3, -0.25) is 9.59 Å². The number of carbonyl (C=O) groups is 2. The Morgan fingerprint density at radius 2 is 1.22 bits per heavy atom. The lowest BCUT2D eigenvalue weighted by Gasteiger charge is -2.08. The van der Waals surface area contributed by atoms with Gasteiger partial charge in [0, 0.05) is 34.4 Å². The minimum atomic E-state index is -0.602. The van der Waals surface area contributed by atoms with Crippen molar-refractivity contribution in [2.75, 3.05) is 22.1 Å². The summed E-state index contributed by atoms with van der Waals surface area (Å²) in [4.78, 5) is 23.6. The SMILES string of the molecule is O=C(CCSCCC(=O)Nc1ccc(Cl)cc1F)Nc1ccc(Cl)cc1F. The predicted molar refractivity (Wildman–Crippen MR) is 107 cm³/mol. The number of rotatable bonds is 8. The van der Waals surface area contributed by atoms with E-state index < -0.39 is 11.6 Å². The van der Waals surface area contributed by atoms with Crippen molar-refractivity contribution in [1.82, 2.24) is 0 Å². The molecule has 0 aliphatic heterocycles. The van der Waals surface area contributed by atoms with Gasteiger partial charge < -0.3 is 10.6 Å². The molecule has 144 valence electrons. The van der Waals surface area contributed by atoms with E-state index in [9.17, 15) is 18.4 Å². The number of halogens is 4. The molecule has 2 aromatic carbocycles. The maximum absolute atomic E-state index is 13.6. The largest absolute Gasteiger partial charge is 0.324 e. The van der Waals surface area contributed by atoms with E-state index in [0.29, 0.717) is 11.5 Å². The zero-order chi connectivity index (χ0) is 19.8. The predicted octanol–water partition coefficient (Wildman–Crippen LogP) is 5.36. The first-order chi connectivity index (χ1) is 12.8. The zero-order valence-electron chi connectivity index (χ0n) is 14.0. The highest BCUT2D eigenvalue weighted by molar-refractivity contribution is 7.99. The maximum Gasteiger partial charge on any atom is 0.225 e. The van der Waals surface area contributed by atoms with E-state index in [1.165, 1.54) is 36.0 Å². The van der Waals surface area contributed by atoms with Gasteiger partial charge in [0.15, 0.2) is 0 Å². The molecule has 0 saturated carbocycles. The van der Waals surface area contributed by atoms with Gasteiger partial charge in [-0.25, -0.2) is 8.78 Å². The summed E-state index contributed by atoms with van der Waals surface area (Å²) in [6.45, 7) is 0. The molecule has 0 saturated heterocycles. The van der Waals surface area contributed by atoms with Gasteiger partial charge in [0.25, 0.3) is 0 Å². The molecule has 2 amide bonds. The first kappa shape index (κ1) is 21.5. The van der Waals surface area contributed by atoms with Gasteiger partial charge in [0.1, 0.15) is 11.6 Å². The second-order valence-corrected chi connectivity index (χ2v) is 7.55. The van der Waals surface area contributed by atoms with Crippen LogP contribution < -0.4 is 10.6 Å². The Labute approximate surface area is 169 Å². The normalized spacial score (nSPS) is 10.5. The first-order valence-corrected chi connectivity index (χ1v) is 9.84.